The van der Waals surface area contributed by atoms with E-state index in [1.165, 1.54) is 6.42 Å². The molecule has 2 bridgehead atoms. The molecule has 3 rings (SSSR count). The van der Waals surface area contributed by atoms with Gasteiger partial charge in [0.1, 0.15) is 12.4 Å². The molecule has 0 saturated carbocycles. The van der Waals surface area contributed by atoms with Crippen molar-refractivity contribution in [1.82, 2.24) is 15.5 Å². The first-order valence-electron chi connectivity index (χ1n) is 10.9. The van der Waals surface area contributed by atoms with Crippen LogP contribution in [0.15, 0.2) is 29.3 Å². The second kappa shape index (κ2) is 10.7. The van der Waals surface area contributed by atoms with Crippen molar-refractivity contribution in [2.75, 3.05) is 32.8 Å². The number of rotatable bonds is 10. The molecule has 0 spiro atoms. The van der Waals surface area contributed by atoms with Crippen molar-refractivity contribution in [3.05, 3.63) is 29.8 Å². The summed E-state index contributed by atoms with van der Waals surface area (Å²) in [5.41, 5.74) is 1.11. The van der Waals surface area contributed by atoms with E-state index >= 15 is 0 Å². The van der Waals surface area contributed by atoms with Crippen LogP contribution in [0.2, 0.25) is 0 Å². The smallest absolute Gasteiger partial charge is 0.191 e. The highest BCUT2D eigenvalue weighted by Gasteiger charge is 2.41. The van der Waals surface area contributed by atoms with Crippen molar-refractivity contribution < 1.29 is 9.47 Å². The number of nitrogens with one attached hydrogen (secondary N) is 2. The lowest BCUT2D eigenvalue weighted by atomic mass is 9.96. The number of benzene rings is 1. The highest BCUT2D eigenvalue weighted by molar-refractivity contribution is 5.80. The van der Waals surface area contributed by atoms with E-state index in [1.54, 1.807) is 0 Å². The number of hydrogen-bond acceptors (Lipinski definition) is 4. The second-order valence-corrected chi connectivity index (χ2v) is 7.54. The van der Waals surface area contributed by atoms with E-state index in [1.807, 2.05) is 18.2 Å². The van der Waals surface area contributed by atoms with Crippen LogP contribution in [-0.2, 0) is 11.3 Å². The third-order valence-corrected chi connectivity index (χ3v) is 5.71. The maximum atomic E-state index is 6.07. The molecular weight excluding hydrogens is 352 g/mol. The summed E-state index contributed by atoms with van der Waals surface area (Å²) < 4.78 is 12.0. The van der Waals surface area contributed by atoms with Crippen LogP contribution in [0.25, 0.3) is 0 Å². The first kappa shape index (κ1) is 20.9. The van der Waals surface area contributed by atoms with Gasteiger partial charge in [0, 0.05) is 18.7 Å². The standard InChI is InChI=1S/C22H36N4O2/c1-4-23-22(25-19-15-18-11-12-21(19)28-18)24-16-17-9-7-8-10-20(17)27-14-13-26(5-2)6-3/h7-10,18-19,21H,4-6,11-16H2,1-3H3,(H2,23,24,25). The predicted octanol–water partition coefficient (Wildman–Crippen LogP) is 2.78. The highest BCUT2D eigenvalue weighted by Crippen LogP contribution is 2.34. The molecule has 2 aliphatic heterocycles. The first-order valence-corrected chi connectivity index (χ1v) is 10.9. The Morgan fingerprint density at radius 2 is 2.04 bits per heavy atom. The molecule has 6 heteroatoms. The lowest BCUT2D eigenvalue weighted by Crippen LogP contribution is -2.47. The van der Waals surface area contributed by atoms with Crippen LogP contribution in [0.5, 0.6) is 5.75 Å². The van der Waals surface area contributed by atoms with Gasteiger partial charge in [-0.2, -0.15) is 0 Å². The average molecular weight is 389 g/mol. The lowest BCUT2D eigenvalue weighted by molar-refractivity contribution is 0.0992. The van der Waals surface area contributed by atoms with Gasteiger partial charge < -0.3 is 25.0 Å². The zero-order valence-electron chi connectivity index (χ0n) is 17.6. The normalized spacial score (nSPS) is 24.0. The number of fused-ring (bicyclic) bond motifs is 2. The fourth-order valence-electron chi connectivity index (χ4n) is 4.05. The van der Waals surface area contributed by atoms with Gasteiger partial charge in [-0.25, -0.2) is 4.99 Å². The Balaban J connectivity index is 1.57. The Morgan fingerprint density at radius 1 is 1.21 bits per heavy atom. The molecule has 156 valence electrons. The summed E-state index contributed by atoms with van der Waals surface area (Å²) >= 11 is 0. The van der Waals surface area contributed by atoms with Crippen LogP contribution in [0.4, 0.5) is 0 Å². The summed E-state index contributed by atoms with van der Waals surface area (Å²) in [5.74, 6) is 1.79. The summed E-state index contributed by atoms with van der Waals surface area (Å²) in [5, 5.41) is 6.95. The van der Waals surface area contributed by atoms with Gasteiger partial charge in [0.15, 0.2) is 5.96 Å². The first-order chi connectivity index (χ1) is 13.7. The van der Waals surface area contributed by atoms with Crippen molar-refractivity contribution >= 4 is 5.96 Å². The molecule has 1 aromatic carbocycles. The third-order valence-electron chi connectivity index (χ3n) is 5.71. The number of likely N-dealkylation sites (N-methyl/N-ethyl adjacent to an activating group) is 1. The van der Waals surface area contributed by atoms with Crippen LogP contribution in [0, 0.1) is 0 Å². The molecule has 1 aromatic rings. The van der Waals surface area contributed by atoms with E-state index in [9.17, 15) is 0 Å². The van der Waals surface area contributed by atoms with Crippen molar-refractivity contribution in [2.24, 2.45) is 4.99 Å². The fourth-order valence-corrected chi connectivity index (χ4v) is 4.05. The van der Waals surface area contributed by atoms with E-state index < -0.39 is 0 Å². The van der Waals surface area contributed by atoms with Gasteiger partial charge >= 0.3 is 0 Å². The third kappa shape index (κ3) is 5.61. The van der Waals surface area contributed by atoms with Crippen molar-refractivity contribution in [1.29, 1.82) is 0 Å². The van der Waals surface area contributed by atoms with Gasteiger partial charge in [-0.15, -0.1) is 0 Å². The van der Waals surface area contributed by atoms with Crippen LogP contribution in [0.3, 0.4) is 0 Å². The van der Waals surface area contributed by atoms with Gasteiger partial charge in [-0.05, 0) is 45.3 Å². The lowest BCUT2D eigenvalue weighted by Gasteiger charge is -2.22. The van der Waals surface area contributed by atoms with E-state index in [0.717, 1.165) is 56.3 Å². The van der Waals surface area contributed by atoms with Crippen molar-refractivity contribution in [2.45, 2.75) is 64.8 Å². The van der Waals surface area contributed by atoms with Crippen LogP contribution in [0.1, 0.15) is 45.6 Å². The summed E-state index contributed by atoms with van der Waals surface area (Å²) in [7, 11) is 0. The fraction of sp³-hybridized carbons (Fsp3) is 0.682. The van der Waals surface area contributed by atoms with E-state index in [-0.39, 0.29) is 0 Å². The summed E-state index contributed by atoms with van der Waals surface area (Å²) in [6.07, 6.45) is 4.22. The zero-order chi connectivity index (χ0) is 19.8. The SMILES string of the molecule is CCNC(=NCc1ccccc1OCCN(CC)CC)NC1CC2CCC1O2. The van der Waals surface area contributed by atoms with Gasteiger partial charge in [-0.1, -0.05) is 32.0 Å². The number of para-hydroxylation sites is 1. The Hall–Kier alpha value is -1.79. The summed E-state index contributed by atoms with van der Waals surface area (Å²) in [6, 6.07) is 8.58. The maximum Gasteiger partial charge on any atom is 0.191 e. The van der Waals surface area contributed by atoms with E-state index in [0.29, 0.717) is 31.4 Å². The molecule has 3 unspecified atom stereocenters. The molecule has 2 N–H and O–H groups in total. The minimum Gasteiger partial charge on any atom is -0.492 e. The van der Waals surface area contributed by atoms with Gasteiger partial charge in [-0.3, -0.25) is 0 Å². The topological polar surface area (TPSA) is 58.1 Å². The second-order valence-electron chi connectivity index (χ2n) is 7.54. The monoisotopic (exact) mass is 388 g/mol. The summed E-state index contributed by atoms with van der Waals surface area (Å²) in [4.78, 5) is 7.18. The molecule has 2 fully saturated rings. The van der Waals surface area contributed by atoms with Crippen molar-refractivity contribution in [3.8, 4) is 5.75 Å². The Bertz CT molecular complexity index is 633. The maximum absolute atomic E-state index is 6.07. The van der Waals surface area contributed by atoms with Crippen LogP contribution >= 0.6 is 0 Å². The van der Waals surface area contributed by atoms with Gasteiger partial charge in [0.2, 0.25) is 0 Å². The zero-order valence-corrected chi connectivity index (χ0v) is 17.6. The van der Waals surface area contributed by atoms with Gasteiger partial charge in [0.25, 0.3) is 0 Å². The molecule has 0 amide bonds. The molecule has 0 aliphatic carbocycles. The molecule has 2 aliphatic rings. The molecule has 28 heavy (non-hydrogen) atoms. The highest BCUT2D eigenvalue weighted by atomic mass is 16.5. The largest absolute Gasteiger partial charge is 0.492 e. The Kier molecular flexibility index (Phi) is 7.98. The molecule has 3 atom stereocenters. The van der Waals surface area contributed by atoms with E-state index in [2.05, 4.69) is 42.4 Å². The number of hydrogen-bond donors (Lipinski definition) is 2. The van der Waals surface area contributed by atoms with Gasteiger partial charge in [0.05, 0.1) is 24.8 Å². The molecule has 6 nitrogen and oxygen atoms in total. The number of aliphatic imine (C=N–C) groups is 1. The Morgan fingerprint density at radius 3 is 2.71 bits per heavy atom. The minimum absolute atomic E-state index is 0.338. The minimum atomic E-state index is 0.338. The molecular formula is C22H36N4O2. The summed E-state index contributed by atoms with van der Waals surface area (Å²) in [6.45, 7) is 11.6. The molecule has 2 saturated heterocycles. The number of nitrogens with zero attached hydrogens (tertiary/aromatic N) is 2. The Labute approximate surface area is 169 Å². The number of ether oxygens (including phenoxy) is 2. The molecule has 2 heterocycles. The molecule has 0 radical (unpaired) electrons. The molecule has 0 aromatic heterocycles. The number of guanidine groups is 1. The van der Waals surface area contributed by atoms with E-state index in [4.69, 9.17) is 14.5 Å². The van der Waals surface area contributed by atoms with Crippen LogP contribution in [-0.4, -0.2) is 61.9 Å². The average Bonchev–Trinajstić information content (AvgIpc) is 3.33. The quantitative estimate of drug-likeness (QED) is 0.477. The predicted molar refractivity (Wildman–Crippen MR) is 114 cm³/mol. The van der Waals surface area contributed by atoms with Crippen molar-refractivity contribution in [3.63, 3.8) is 0 Å². The van der Waals surface area contributed by atoms with Crippen LogP contribution < -0.4 is 15.4 Å².